The molecule has 1 N–H and O–H groups in total. The van der Waals surface area contributed by atoms with E-state index in [-0.39, 0.29) is 24.0 Å². The second kappa shape index (κ2) is 12.5. The summed E-state index contributed by atoms with van der Waals surface area (Å²) in [6, 6.07) is 5.77. The first kappa shape index (κ1) is 22.1. The third-order valence-electron chi connectivity index (χ3n) is 3.41. The minimum absolute atomic E-state index is 0. The summed E-state index contributed by atoms with van der Waals surface area (Å²) in [5.74, 6) is 1.67. The average molecular weight is 452 g/mol. The van der Waals surface area contributed by atoms with Gasteiger partial charge < -0.3 is 15.0 Å². The second-order valence-corrected chi connectivity index (χ2v) is 5.44. The number of aliphatic imine (C=N–C) groups is 1. The number of hydrogen-bond acceptors (Lipinski definition) is 2. The van der Waals surface area contributed by atoms with Crippen molar-refractivity contribution in [1.29, 1.82) is 0 Å². The molecule has 0 bridgehead atoms. The lowest BCUT2D eigenvalue weighted by Crippen LogP contribution is -2.40. The number of rotatable bonds is 8. The van der Waals surface area contributed by atoms with Crippen molar-refractivity contribution in [3.63, 3.8) is 0 Å². The summed E-state index contributed by atoms with van der Waals surface area (Å²) in [5.41, 5.74) is 1.10. The first-order valence-corrected chi connectivity index (χ1v) is 7.85. The van der Waals surface area contributed by atoms with Crippen LogP contribution in [0.4, 0.5) is 0 Å². The summed E-state index contributed by atoms with van der Waals surface area (Å²) in [6.07, 6.45) is 4.87. The van der Waals surface area contributed by atoms with Crippen molar-refractivity contribution in [2.75, 3.05) is 34.3 Å². The maximum absolute atomic E-state index is 6.25. The quantitative estimate of drug-likeness (QED) is 0.213. The Bertz CT molecular complexity index is 509. The molecule has 0 aliphatic heterocycles. The first-order chi connectivity index (χ1) is 10.6. The smallest absolute Gasteiger partial charge is 0.193 e. The highest BCUT2D eigenvalue weighted by molar-refractivity contribution is 14.0. The van der Waals surface area contributed by atoms with Crippen LogP contribution < -0.4 is 10.1 Å². The standard InChI is InChI=1S/C17H26ClN3O.HI/c1-5-6-7-12-21(3)17(19-2)20-11-10-14-8-9-15(22-4)13-16(14)18;/h5,8-9,13H,1,6-7,10-12H2,2-4H3,(H,19,20);1H. The molecule has 1 aromatic rings. The van der Waals surface area contributed by atoms with Gasteiger partial charge in [0.15, 0.2) is 5.96 Å². The summed E-state index contributed by atoms with van der Waals surface area (Å²) < 4.78 is 5.16. The van der Waals surface area contributed by atoms with E-state index in [1.807, 2.05) is 31.3 Å². The van der Waals surface area contributed by atoms with Crippen LogP contribution in [0, 0.1) is 0 Å². The Labute approximate surface area is 162 Å². The molecule has 0 radical (unpaired) electrons. The van der Waals surface area contributed by atoms with Gasteiger partial charge in [0, 0.05) is 32.2 Å². The SMILES string of the molecule is C=CCCCN(C)C(=NC)NCCc1ccc(OC)cc1Cl.I. The van der Waals surface area contributed by atoms with Crippen molar-refractivity contribution < 1.29 is 4.74 Å². The Hall–Kier alpha value is -0.950. The molecule has 0 saturated heterocycles. The lowest BCUT2D eigenvalue weighted by Gasteiger charge is -2.22. The molecule has 0 unspecified atom stereocenters. The minimum Gasteiger partial charge on any atom is -0.497 e. The van der Waals surface area contributed by atoms with E-state index in [0.717, 1.165) is 54.6 Å². The lowest BCUT2D eigenvalue weighted by molar-refractivity contribution is 0.414. The number of ether oxygens (including phenoxy) is 1. The van der Waals surface area contributed by atoms with Gasteiger partial charge in [0.05, 0.1) is 7.11 Å². The molecule has 0 saturated carbocycles. The van der Waals surface area contributed by atoms with E-state index in [2.05, 4.69) is 21.8 Å². The van der Waals surface area contributed by atoms with Crippen molar-refractivity contribution in [2.24, 2.45) is 4.99 Å². The van der Waals surface area contributed by atoms with E-state index in [0.29, 0.717) is 0 Å². The molecule has 130 valence electrons. The molecule has 0 amide bonds. The van der Waals surface area contributed by atoms with E-state index in [1.54, 1.807) is 14.2 Å². The van der Waals surface area contributed by atoms with Gasteiger partial charge >= 0.3 is 0 Å². The molecular weight excluding hydrogens is 425 g/mol. The fourth-order valence-electron chi connectivity index (χ4n) is 2.13. The molecule has 4 nitrogen and oxygen atoms in total. The largest absolute Gasteiger partial charge is 0.497 e. The number of nitrogens with one attached hydrogen (secondary N) is 1. The summed E-state index contributed by atoms with van der Waals surface area (Å²) in [4.78, 5) is 6.42. The maximum atomic E-state index is 6.25. The number of halogens is 2. The Morgan fingerprint density at radius 2 is 2.22 bits per heavy atom. The molecule has 0 spiro atoms. The highest BCUT2D eigenvalue weighted by Gasteiger charge is 2.06. The van der Waals surface area contributed by atoms with E-state index in [1.165, 1.54) is 0 Å². The van der Waals surface area contributed by atoms with Crippen molar-refractivity contribution in [3.05, 3.63) is 41.4 Å². The Balaban J connectivity index is 0.00000484. The molecule has 23 heavy (non-hydrogen) atoms. The number of guanidine groups is 1. The van der Waals surface area contributed by atoms with Crippen LogP contribution in [0.15, 0.2) is 35.8 Å². The zero-order valence-electron chi connectivity index (χ0n) is 14.1. The van der Waals surface area contributed by atoms with Gasteiger partial charge in [-0.3, -0.25) is 4.99 Å². The van der Waals surface area contributed by atoms with Gasteiger partial charge in [0.1, 0.15) is 5.75 Å². The molecule has 0 heterocycles. The number of nitrogens with zero attached hydrogens (tertiary/aromatic N) is 2. The van der Waals surface area contributed by atoms with Crippen LogP contribution >= 0.6 is 35.6 Å². The minimum atomic E-state index is 0. The molecule has 0 aromatic heterocycles. The van der Waals surface area contributed by atoms with E-state index < -0.39 is 0 Å². The van der Waals surface area contributed by atoms with Crippen molar-refractivity contribution in [3.8, 4) is 5.75 Å². The van der Waals surface area contributed by atoms with Gasteiger partial charge in [-0.05, 0) is 37.0 Å². The van der Waals surface area contributed by atoms with Crippen LogP contribution in [-0.4, -0.2) is 45.2 Å². The fraction of sp³-hybridized carbons (Fsp3) is 0.471. The second-order valence-electron chi connectivity index (χ2n) is 5.03. The Morgan fingerprint density at radius 1 is 1.48 bits per heavy atom. The highest BCUT2D eigenvalue weighted by atomic mass is 127. The number of benzene rings is 1. The van der Waals surface area contributed by atoms with Gasteiger partial charge in [-0.15, -0.1) is 30.6 Å². The van der Waals surface area contributed by atoms with Gasteiger partial charge in [0.25, 0.3) is 0 Å². The number of hydrogen-bond donors (Lipinski definition) is 1. The summed E-state index contributed by atoms with van der Waals surface area (Å²) in [7, 11) is 5.48. The predicted molar refractivity (Wildman–Crippen MR) is 111 cm³/mol. The van der Waals surface area contributed by atoms with Crippen molar-refractivity contribution in [2.45, 2.75) is 19.3 Å². The van der Waals surface area contributed by atoms with Crippen LogP contribution in [0.1, 0.15) is 18.4 Å². The van der Waals surface area contributed by atoms with Crippen LogP contribution in [-0.2, 0) is 6.42 Å². The lowest BCUT2D eigenvalue weighted by atomic mass is 10.1. The third kappa shape index (κ3) is 7.92. The van der Waals surface area contributed by atoms with E-state index >= 15 is 0 Å². The van der Waals surface area contributed by atoms with E-state index in [9.17, 15) is 0 Å². The topological polar surface area (TPSA) is 36.9 Å². The molecule has 1 rings (SSSR count). The Morgan fingerprint density at radius 3 is 2.78 bits per heavy atom. The van der Waals surface area contributed by atoms with Crippen LogP contribution in [0.25, 0.3) is 0 Å². The van der Waals surface area contributed by atoms with Gasteiger partial charge in [0.2, 0.25) is 0 Å². The van der Waals surface area contributed by atoms with Crippen LogP contribution in [0.2, 0.25) is 5.02 Å². The number of allylic oxidation sites excluding steroid dienone is 1. The fourth-order valence-corrected chi connectivity index (χ4v) is 2.40. The first-order valence-electron chi connectivity index (χ1n) is 7.47. The van der Waals surface area contributed by atoms with Crippen LogP contribution in [0.5, 0.6) is 5.75 Å². The van der Waals surface area contributed by atoms with E-state index in [4.69, 9.17) is 16.3 Å². The Kier molecular flexibility index (Phi) is 12.0. The van der Waals surface area contributed by atoms with Crippen LogP contribution in [0.3, 0.4) is 0 Å². The summed E-state index contributed by atoms with van der Waals surface area (Å²) >= 11 is 6.25. The third-order valence-corrected chi connectivity index (χ3v) is 3.76. The zero-order valence-corrected chi connectivity index (χ0v) is 17.2. The number of unbranched alkanes of at least 4 members (excludes halogenated alkanes) is 1. The molecule has 0 aliphatic carbocycles. The highest BCUT2D eigenvalue weighted by Crippen LogP contribution is 2.22. The molecular formula is C17H27ClIN3O. The molecule has 1 aromatic carbocycles. The molecule has 6 heteroatoms. The molecule has 0 fully saturated rings. The summed E-state index contributed by atoms with van der Waals surface area (Å²) in [5, 5.41) is 4.09. The number of methoxy groups -OCH3 is 1. The monoisotopic (exact) mass is 451 g/mol. The maximum Gasteiger partial charge on any atom is 0.193 e. The molecule has 0 aliphatic rings. The summed E-state index contributed by atoms with van der Waals surface area (Å²) in [6.45, 7) is 5.48. The van der Waals surface area contributed by atoms with Crippen molar-refractivity contribution in [1.82, 2.24) is 10.2 Å². The predicted octanol–water partition coefficient (Wildman–Crippen LogP) is 3.98. The van der Waals surface area contributed by atoms with Gasteiger partial charge in [-0.2, -0.15) is 0 Å². The molecule has 0 atom stereocenters. The van der Waals surface area contributed by atoms with Crippen molar-refractivity contribution >= 4 is 41.5 Å². The van der Waals surface area contributed by atoms with Gasteiger partial charge in [-0.25, -0.2) is 0 Å². The average Bonchev–Trinajstić information content (AvgIpc) is 2.52. The zero-order chi connectivity index (χ0) is 16.4. The normalized spacial score (nSPS) is 10.7. The van der Waals surface area contributed by atoms with Gasteiger partial charge in [-0.1, -0.05) is 23.7 Å².